The fourth-order valence-corrected chi connectivity index (χ4v) is 2.56. The number of aromatic nitrogens is 7. The fourth-order valence-electron chi connectivity index (χ4n) is 2.56. The van der Waals surface area contributed by atoms with Crippen LogP contribution in [0.2, 0.25) is 0 Å². The van der Waals surface area contributed by atoms with E-state index in [2.05, 4.69) is 34.2 Å². The van der Waals surface area contributed by atoms with Gasteiger partial charge in [0.25, 0.3) is 0 Å². The zero-order valence-corrected chi connectivity index (χ0v) is 13.0. The van der Waals surface area contributed by atoms with Gasteiger partial charge in [-0.25, -0.2) is 9.50 Å². The number of rotatable bonds is 4. The molecule has 4 aromatic heterocycles. The van der Waals surface area contributed by atoms with Crippen LogP contribution in [0, 0.1) is 0 Å². The van der Waals surface area contributed by atoms with Crippen molar-refractivity contribution in [2.45, 2.75) is 26.3 Å². The number of hydrogen-bond acceptors (Lipinski definition) is 4. The normalized spacial score (nSPS) is 12.8. The van der Waals surface area contributed by atoms with Crippen molar-refractivity contribution in [2.75, 3.05) is 0 Å². The summed E-state index contributed by atoms with van der Waals surface area (Å²) in [6, 6.07) is 2.32. The molecule has 0 saturated heterocycles. The largest absolute Gasteiger partial charge is 0.285 e. The molecule has 7 heteroatoms. The van der Waals surface area contributed by atoms with Gasteiger partial charge in [0.1, 0.15) is 0 Å². The highest BCUT2D eigenvalue weighted by molar-refractivity contribution is 5.78. The van der Waals surface area contributed by atoms with Gasteiger partial charge in [0.05, 0.1) is 41.7 Å². The predicted octanol–water partition coefficient (Wildman–Crippen LogP) is 2.95. The summed E-state index contributed by atoms with van der Waals surface area (Å²) in [6.45, 7) is 4.31. The van der Waals surface area contributed by atoms with E-state index in [1.165, 1.54) is 0 Å². The second kappa shape index (κ2) is 5.35. The van der Waals surface area contributed by atoms with Gasteiger partial charge in [-0.15, -0.1) is 0 Å². The first-order valence-electron chi connectivity index (χ1n) is 7.64. The molecule has 0 aliphatic carbocycles. The number of hydrogen-bond donors (Lipinski definition) is 1. The van der Waals surface area contributed by atoms with Crippen LogP contribution in [0.15, 0.2) is 43.2 Å². The smallest absolute Gasteiger partial charge is 0.0999 e. The zero-order valence-electron chi connectivity index (χ0n) is 13.0. The second-order valence-corrected chi connectivity index (χ2v) is 5.59. The van der Waals surface area contributed by atoms with Crippen LogP contribution < -0.4 is 0 Å². The SMILES string of the molecule is CC[C@@H](C)n1cc(-c2nc(-c3cn[nH]c3)cn3nccc23)cn1. The van der Waals surface area contributed by atoms with Crippen LogP contribution in [-0.2, 0) is 0 Å². The van der Waals surface area contributed by atoms with E-state index in [1.54, 1.807) is 12.4 Å². The number of fused-ring (bicyclic) bond motifs is 1. The number of nitrogens with one attached hydrogen (secondary N) is 1. The van der Waals surface area contributed by atoms with E-state index in [0.29, 0.717) is 6.04 Å². The third kappa shape index (κ3) is 2.30. The Morgan fingerprint density at radius 1 is 1.17 bits per heavy atom. The van der Waals surface area contributed by atoms with E-state index in [1.807, 2.05) is 40.1 Å². The molecule has 0 saturated carbocycles. The molecule has 0 aliphatic rings. The summed E-state index contributed by atoms with van der Waals surface area (Å²) in [5.41, 5.74) is 4.57. The molecule has 0 aliphatic heterocycles. The molecule has 0 spiro atoms. The molecule has 0 radical (unpaired) electrons. The summed E-state index contributed by atoms with van der Waals surface area (Å²) < 4.78 is 3.82. The van der Waals surface area contributed by atoms with Gasteiger partial charge in [0.15, 0.2) is 0 Å². The molecule has 4 rings (SSSR count). The van der Waals surface area contributed by atoms with E-state index in [0.717, 1.165) is 34.5 Å². The van der Waals surface area contributed by atoms with Gasteiger partial charge >= 0.3 is 0 Å². The molecule has 0 fully saturated rings. The van der Waals surface area contributed by atoms with Gasteiger partial charge in [0.2, 0.25) is 0 Å². The molecular weight excluding hydrogens is 290 g/mol. The molecule has 0 amide bonds. The van der Waals surface area contributed by atoms with Crippen molar-refractivity contribution < 1.29 is 0 Å². The number of nitrogens with zero attached hydrogens (tertiary/aromatic N) is 6. The summed E-state index contributed by atoms with van der Waals surface area (Å²) in [5.74, 6) is 0. The first kappa shape index (κ1) is 13.7. The third-order valence-electron chi connectivity index (χ3n) is 4.10. The minimum atomic E-state index is 0.363. The zero-order chi connectivity index (χ0) is 15.8. The highest BCUT2D eigenvalue weighted by Gasteiger charge is 2.14. The van der Waals surface area contributed by atoms with E-state index in [9.17, 15) is 0 Å². The maximum atomic E-state index is 4.81. The Balaban J connectivity index is 1.88. The Morgan fingerprint density at radius 2 is 2.09 bits per heavy atom. The van der Waals surface area contributed by atoms with Gasteiger partial charge in [-0.05, 0) is 19.4 Å². The molecule has 0 bridgehead atoms. The first-order chi connectivity index (χ1) is 11.3. The van der Waals surface area contributed by atoms with E-state index in [-0.39, 0.29) is 0 Å². The monoisotopic (exact) mass is 307 g/mol. The first-order valence-corrected chi connectivity index (χ1v) is 7.64. The van der Waals surface area contributed by atoms with Crippen LogP contribution >= 0.6 is 0 Å². The highest BCUT2D eigenvalue weighted by atomic mass is 15.3. The minimum absolute atomic E-state index is 0.363. The van der Waals surface area contributed by atoms with E-state index in [4.69, 9.17) is 4.98 Å². The molecule has 4 aromatic rings. The summed E-state index contributed by atoms with van der Waals surface area (Å²) in [6.07, 6.45) is 12.2. The Hall–Kier alpha value is -2.96. The van der Waals surface area contributed by atoms with Crippen molar-refractivity contribution in [3.63, 3.8) is 0 Å². The maximum Gasteiger partial charge on any atom is 0.0999 e. The molecular formula is C16H17N7. The number of H-pyrrole nitrogens is 1. The Morgan fingerprint density at radius 3 is 2.87 bits per heavy atom. The molecule has 4 heterocycles. The van der Waals surface area contributed by atoms with Crippen LogP contribution in [0.4, 0.5) is 0 Å². The predicted molar refractivity (Wildman–Crippen MR) is 86.8 cm³/mol. The molecule has 0 aromatic carbocycles. The standard InChI is InChI=1S/C16H17N7/c1-3-11(2)22-9-13(8-20-22)16-15-4-5-19-23(15)10-14(21-16)12-6-17-18-7-12/h4-11H,3H2,1-2H3,(H,17,18)/t11-/m1/s1. The molecule has 0 unspecified atom stereocenters. The van der Waals surface area contributed by atoms with Gasteiger partial charge < -0.3 is 0 Å². The molecule has 1 N–H and O–H groups in total. The molecule has 116 valence electrons. The maximum absolute atomic E-state index is 4.81. The quantitative estimate of drug-likeness (QED) is 0.629. The van der Waals surface area contributed by atoms with Crippen LogP contribution in [0.3, 0.4) is 0 Å². The molecule has 7 nitrogen and oxygen atoms in total. The molecule has 1 atom stereocenters. The average Bonchev–Trinajstić information content (AvgIpc) is 3.33. The lowest BCUT2D eigenvalue weighted by Gasteiger charge is -2.08. The van der Waals surface area contributed by atoms with Crippen LogP contribution in [-0.4, -0.2) is 34.6 Å². The summed E-state index contributed by atoms with van der Waals surface area (Å²) in [5, 5.41) is 15.6. The summed E-state index contributed by atoms with van der Waals surface area (Å²) in [4.78, 5) is 4.81. The Labute approximate surface area is 133 Å². The van der Waals surface area contributed by atoms with Crippen LogP contribution in [0.5, 0.6) is 0 Å². The van der Waals surface area contributed by atoms with E-state index >= 15 is 0 Å². The van der Waals surface area contributed by atoms with Gasteiger partial charge in [-0.2, -0.15) is 15.3 Å². The summed E-state index contributed by atoms with van der Waals surface area (Å²) in [7, 11) is 0. The fraction of sp³-hybridized carbons (Fsp3) is 0.250. The topological polar surface area (TPSA) is 76.7 Å². The lowest BCUT2D eigenvalue weighted by Crippen LogP contribution is -2.03. The van der Waals surface area contributed by atoms with Crippen molar-refractivity contribution in [3.8, 4) is 22.5 Å². The number of aromatic amines is 1. The van der Waals surface area contributed by atoms with Crippen molar-refractivity contribution in [2.24, 2.45) is 0 Å². The van der Waals surface area contributed by atoms with Crippen molar-refractivity contribution >= 4 is 5.52 Å². The lowest BCUT2D eigenvalue weighted by atomic mass is 10.2. The highest BCUT2D eigenvalue weighted by Crippen LogP contribution is 2.26. The second-order valence-electron chi connectivity index (χ2n) is 5.59. The van der Waals surface area contributed by atoms with Crippen molar-refractivity contribution in [1.82, 2.24) is 34.6 Å². The minimum Gasteiger partial charge on any atom is -0.285 e. The van der Waals surface area contributed by atoms with Crippen molar-refractivity contribution in [3.05, 3.63) is 43.2 Å². The summed E-state index contributed by atoms with van der Waals surface area (Å²) >= 11 is 0. The lowest BCUT2D eigenvalue weighted by molar-refractivity contribution is 0.478. The van der Waals surface area contributed by atoms with Gasteiger partial charge in [0, 0.05) is 29.6 Å². The Kier molecular flexibility index (Phi) is 3.18. The molecule has 23 heavy (non-hydrogen) atoms. The van der Waals surface area contributed by atoms with E-state index < -0.39 is 0 Å². The Bertz CT molecular complexity index is 933. The average molecular weight is 307 g/mol. The third-order valence-corrected chi connectivity index (χ3v) is 4.10. The van der Waals surface area contributed by atoms with Crippen molar-refractivity contribution in [1.29, 1.82) is 0 Å². The van der Waals surface area contributed by atoms with Crippen LogP contribution in [0.25, 0.3) is 28.0 Å². The van der Waals surface area contributed by atoms with Gasteiger partial charge in [-0.3, -0.25) is 9.78 Å². The van der Waals surface area contributed by atoms with Crippen LogP contribution in [0.1, 0.15) is 26.3 Å². The van der Waals surface area contributed by atoms with Gasteiger partial charge in [-0.1, -0.05) is 6.92 Å².